The van der Waals surface area contributed by atoms with Crippen LogP contribution in [0.4, 0.5) is 5.13 Å². The number of likely N-dealkylation sites (tertiary alicyclic amines) is 1. The van der Waals surface area contributed by atoms with Gasteiger partial charge in [-0.05, 0) is 18.8 Å². The monoisotopic (exact) mass is 340 g/mol. The number of piperidine rings is 1. The molecule has 0 radical (unpaired) electrons. The Morgan fingerprint density at radius 2 is 1.87 bits per heavy atom. The van der Waals surface area contributed by atoms with Gasteiger partial charge in [0.1, 0.15) is 5.01 Å². The molecule has 0 bridgehead atoms. The number of hydrogen-bond donors (Lipinski definition) is 2. The molecule has 2 atom stereocenters. The Bertz CT molecular complexity index is 502. The average Bonchev–Trinajstić information content (AvgIpc) is 3.16. The summed E-state index contributed by atoms with van der Waals surface area (Å²) in [5.74, 6) is 1.17. The normalized spacial score (nSPS) is 27.3. The molecule has 0 aliphatic carbocycles. The molecule has 0 unspecified atom stereocenters. The van der Waals surface area contributed by atoms with Crippen LogP contribution >= 0.6 is 11.3 Å². The molecule has 2 fully saturated rings. The van der Waals surface area contributed by atoms with Gasteiger partial charge in [0.05, 0.1) is 6.10 Å². The van der Waals surface area contributed by atoms with E-state index in [0.29, 0.717) is 17.8 Å². The lowest BCUT2D eigenvalue weighted by molar-refractivity contribution is 0.0687. The van der Waals surface area contributed by atoms with E-state index in [1.54, 1.807) is 11.3 Å². The van der Waals surface area contributed by atoms with E-state index in [2.05, 4.69) is 33.8 Å². The number of aromatic nitrogens is 2. The van der Waals surface area contributed by atoms with E-state index in [0.717, 1.165) is 55.7 Å². The number of nitrogens with zero attached hydrogens (tertiary/aromatic N) is 4. The summed E-state index contributed by atoms with van der Waals surface area (Å²) in [5, 5.41) is 30.1. The topological polar surface area (TPSA) is 72.7 Å². The first-order chi connectivity index (χ1) is 11.1. The van der Waals surface area contributed by atoms with Crippen LogP contribution in [0.3, 0.4) is 0 Å². The van der Waals surface area contributed by atoms with Gasteiger partial charge in [-0.25, -0.2) is 0 Å². The van der Waals surface area contributed by atoms with Crippen molar-refractivity contribution in [2.45, 2.75) is 38.7 Å². The minimum absolute atomic E-state index is 0.129. The molecule has 6 nitrogen and oxygen atoms in total. The van der Waals surface area contributed by atoms with E-state index in [1.165, 1.54) is 0 Å². The molecule has 0 amide bonds. The molecule has 0 aromatic carbocycles. The van der Waals surface area contributed by atoms with Crippen molar-refractivity contribution < 1.29 is 10.2 Å². The molecule has 1 aromatic heterocycles. The van der Waals surface area contributed by atoms with E-state index < -0.39 is 0 Å². The van der Waals surface area contributed by atoms with Crippen LogP contribution in [0.25, 0.3) is 0 Å². The molecule has 2 aliphatic rings. The third-order valence-electron chi connectivity index (χ3n) is 5.06. The maximum absolute atomic E-state index is 9.75. The van der Waals surface area contributed by atoms with Gasteiger partial charge in [-0.15, -0.1) is 10.2 Å². The maximum atomic E-state index is 9.75. The lowest BCUT2D eigenvalue weighted by Crippen LogP contribution is -2.40. The summed E-state index contributed by atoms with van der Waals surface area (Å²) < 4.78 is 0. The minimum Gasteiger partial charge on any atom is -0.396 e. The smallest absolute Gasteiger partial charge is 0.208 e. The lowest BCUT2D eigenvalue weighted by atomic mass is 9.95. The summed E-state index contributed by atoms with van der Waals surface area (Å²) in [6.45, 7) is 9.24. The minimum atomic E-state index is -0.129. The van der Waals surface area contributed by atoms with Crippen molar-refractivity contribution in [3.63, 3.8) is 0 Å². The predicted molar refractivity (Wildman–Crippen MR) is 92.0 cm³/mol. The number of hydrogen-bond acceptors (Lipinski definition) is 7. The van der Waals surface area contributed by atoms with Gasteiger partial charge in [0, 0.05) is 51.2 Å². The number of anilines is 1. The van der Waals surface area contributed by atoms with Gasteiger partial charge in [-0.2, -0.15) is 0 Å². The van der Waals surface area contributed by atoms with E-state index >= 15 is 0 Å². The van der Waals surface area contributed by atoms with Crippen molar-refractivity contribution >= 4 is 16.5 Å². The van der Waals surface area contributed by atoms with Crippen molar-refractivity contribution in [2.24, 2.45) is 11.8 Å². The molecule has 2 saturated heterocycles. The van der Waals surface area contributed by atoms with Gasteiger partial charge >= 0.3 is 0 Å². The summed E-state index contributed by atoms with van der Waals surface area (Å²) in [4.78, 5) is 4.72. The quantitative estimate of drug-likeness (QED) is 0.838. The standard InChI is InChI=1S/C16H28N4O2S/c1-11(2)15-17-18-16(23-15)20-8-12(13(9-20)10-21)7-19-5-3-14(22)4-6-19/h11-14,21-22H,3-10H2,1-2H3/t12-,13-/m1/s1. The number of rotatable bonds is 5. The second kappa shape index (κ2) is 7.42. The van der Waals surface area contributed by atoms with Crippen LogP contribution in [-0.4, -0.2) is 70.7 Å². The fourth-order valence-electron chi connectivity index (χ4n) is 3.53. The Kier molecular flexibility index (Phi) is 5.51. The predicted octanol–water partition coefficient (Wildman–Crippen LogP) is 1.16. The Hall–Kier alpha value is -0.760. The summed E-state index contributed by atoms with van der Waals surface area (Å²) in [7, 11) is 0. The summed E-state index contributed by atoms with van der Waals surface area (Å²) in [6.07, 6.45) is 1.61. The molecular formula is C16H28N4O2S. The molecule has 0 spiro atoms. The van der Waals surface area contributed by atoms with Crippen LogP contribution in [0, 0.1) is 11.8 Å². The summed E-state index contributed by atoms with van der Waals surface area (Å²) >= 11 is 1.67. The Labute approximate surface area is 142 Å². The largest absolute Gasteiger partial charge is 0.396 e. The third kappa shape index (κ3) is 4.02. The van der Waals surface area contributed by atoms with E-state index in [-0.39, 0.29) is 12.7 Å². The van der Waals surface area contributed by atoms with Crippen LogP contribution in [0.15, 0.2) is 0 Å². The lowest BCUT2D eigenvalue weighted by Gasteiger charge is -2.32. The van der Waals surface area contributed by atoms with Crippen molar-refractivity contribution in [1.82, 2.24) is 15.1 Å². The number of aliphatic hydroxyl groups is 2. The van der Waals surface area contributed by atoms with E-state index in [4.69, 9.17) is 0 Å². The highest BCUT2D eigenvalue weighted by atomic mass is 32.1. The van der Waals surface area contributed by atoms with Gasteiger partial charge < -0.3 is 20.0 Å². The van der Waals surface area contributed by atoms with Crippen molar-refractivity contribution in [1.29, 1.82) is 0 Å². The van der Waals surface area contributed by atoms with Crippen LogP contribution in [-0.2, 0) is 0 Å². The van der Waals surface area contributed by atoms with Gasteiger partial charge in [-0.3, -0.25) is 0 Å². The molecule has 7 heteroatoms. The van der Waals surface area contributed by atoms with Crippen LogP contribution < -0.4 is 4.90 Å². The molecule has 0 saturated carbocycles. The highest BCUT2D eigenvalue weighted by Crippen LogP contribution is 2.32. The van der Waals surface area contributed by atoms with Crippen LogP contribution in [0.5, 0.6) is 0 Å². The second-order valence-electron chi connectivity index (χ2n) is 7.22. The fraction of sp³-hybridized carbons (Fsp3) is 0.875. The Morgan fingerprint density at radius 3 is 2.48 bits per heavy atom. The number of aliphatic hydroxyl groups excluding tert-OH is 2. The molecule has 2 aliphatic heterocycles. The van der Waals surface area contributed by atoms with Gasteiger partial charge in [0.2, 0.25) is 5.13 Å². The van der Waals surface area contributed by atoms with Gasteiger partial charge in [-0.1, -0.05) is 25.2 Å². The molecule has 3 heterocycles. The van der Waals surface area contributed by atoms with Crippen LogP contribution in [0.2, 0.25) is 0 Å². The molecule has 1 aromatic rings. The Morgan fingerprint density at radius 1 is 1.17 bits per heavy atom. The fourth-order valence-corrected chi connectivity index (χ4v) is 4.39. The maximum Gasteiger partial charge on any atom is 0.208 e. The summed E-state index contributed by atoms with van der Waals surface area (Å²) in [5.41, 5.74) is 0. The third-order valence-corrected chi connectivity index (χ3v) is 6.34. The molecule has 130 valence electrons. The van der Waals surface area contributed by atoms with Crippen molar-refractivity contribution in [3.8, 4) is 0 Å². The zero-order valence-electron chi connectivity index (χ0n) is 14.1. The summed E-state index contributed by atoms with van der Waals surface area (Å²) in [6, 6.07) is 0. The highest BCUT2D eigenvalue weighted by molar-refractivity contribution is 7.15. The molecule has 23 heavy (non-hydrogen) atoms. The van der Waals surface area contributed by atoms with E-state index in [1.807, 2.05) is 0 Å². The van der Waals surface area contributed by atoms with Gasteiger partial charge in [0.15, 0.2) is 0 Å². The van der Waals surface area contributed by atoms with Crippen LogP contribution in [0.1, 0.15) is 37.6 Å². The molecule has 3 rings (SSSR count). The Balaban J connectivity index is 1.60. The highest BCUT2D eigenvalue weighted by Gasteiger charge is 2.35. The molecule has 2 N–H and O–H groups in total. The van der Waals surface area contributed by atoms with Gasteiger partial charge in [0.25, 0.3) is 0 Å². The first kappa shape index (κ1) is 17.1. The van der Waals surface area contributed by atoms with Crippen molar-refractivity contribution in [3.05, 3.63) is 5.01 Å². The zero-order valence-corrected chi connectivity index (χ0v) is 14.9. The first-order valence-electron chi connectivity index (χ1n) is 8.66. The average molecular weight is 340 g/mol. The second-order valence-corrected chi connectivity index (χ2v) is 8.20. The molecular weight excluding hydrogens is 312 g/mol. The first-order valence-corrected chi connectivity index (χ1v) is 9.48. The van der Waals surface area contributed by atoms with Crippen molar-refractivity contribution in [2.75, 3.05) is 44.2 Å². The SMILES string of the molecule is CC(C)c1nnc(N2C[C@@H](CN3CCC(O)CC3)[C@@H](CO)C2)s1. The zero-order chi connectivity index (χ0) is 16.4. The van der Waals surface area contributed by atoms with E-state index in [9.17, 15) is 10.2 Å².